The third-order valence-corrected chi connectivity index (χ3v) is 5.90. The van der Waals surface area contributed by atoms with E-state index in [1.807, 2.05) is 0 Å². The number of fused-ring (bicyclic) bond motifs is 1. The van der Waals surface area contributed by atoms with E-state index in [2.05, 4.69) is 5.32 Å². The number of aliphatic carboxylic acids is 1. The molecule has 1 aromatic rings. The first-order valence-electron chi connectivity index (χ1n) is 8.00. The van der Waals surface area contributed by atoms with E-state index in [1.165, 1.54) is 12.1 Å². The number of rotatable bonds is 3. The average Bonchev–Trinajstić information content (AvgIpc) is 2.55. The molecule has 1 aliphatic heterocycles. The maximum absolute atomic E-state index is 13.5. The van der Waals surface area contributed by atoms with Crippen molar-refractivity contribution in [3.05, 3.63) is 29.6 Å². The molecule has 0 bridgehead atoms. The first-order chi connectivity index (χ1) is 11.0. The summed E-state index contributed by atoms with van der Waals surface area (Å²) in [5, 5.41) is 12.1. The Balaban J connectivity index is 1.63. The fourth-order valence-corrected chi connectivity index (χ4v) is 4.51. The Morgan fingerprint density at radius 1 is 1.13 bits per heavy atom. The van der Waals surface area contributed by atoms with Gasteiger partial charge in [-0.25, -0.2) is 4.39 Å². The Hall–Kier alpha value is -1.56. The Morgan fingerprint density at radius 3 is 2.52 bits per heavy atom. The molecule has 1 heterocycles. The van der Waals surface area contributed by atoms with Gasteiger partial charge in [0.1, 0.15) is 5.82 Å². The Morgan fingerprint density at radius 2 is 1.83 bits per heavy atom. The van der Waals surface area contributed by atoms with Gasteiger partial charge in [-0.2, -0.15) is 0 Å². The highest BCUT2D eigenvalue weighted by Crippen LogP contribution is 2.37. The van der Waals surface area contributed by atoms with Crippen LogP contribution in [0.2, 0.25) is 0 Å². The monoisotopic (exact) mass is 337 g/mol. The molecule has 1 fully saturated rings. The molecule has 0 spiro atoms. The van der Waals surface area contributed by atoms with Crippen molar-refractivity contribution in [3.63, 3.8) is 0 Å². The Kier molecular flexibility index (Phi) is 4.90. The molecule has 1 saturated carbocycles. The summed E-state index contributed by atoms with van der Waals surface area (Å²) in [6.45, 7) is 0. The van der Waals surface area contributed by atoms with Gasteiger partial charge in [-0.15, -0.1) is 11.8 Å². The molecule has 0 saturated heterocycles. The predicted octanol–water partition coefficient (Wildman–Crippen LogP) is 3.37. The van der Waals surface area contributed by atoms with Crippen LogP contribution < -0.4 is 5.32 Å². The quantitative estimate of drug-likeness (QED) is 0.887. The number of thioether (sulfide) groups is 1. The fraction of sp³-hybridized carbons (Fsp3) is 0.529. The van der Waals surface area contributed by atoms with Crippen LogP contribution in [0, 0.1) is 17.7 Å². The van der Waals surface area contributed by atoms with Crippen LogP contribution in [0.15, 0.2) is 23.1 Å². The molecule has 1 unspecified atom stereocenters. The Labute approximate surface area is 138 Å². The van der Waals surface area contributed by atoms with Crippen molar-refractivity contribution in [1.82, 2.24) is 5.32 Å². The number of hydrogen-bond donors (Lipinski definition) is 2. The van der Waals surface area contributed by atoms with Crippen molar-refractivity contribution in [1.29, 1.82) is 0 Å². The number of halogens is 1. The van der Waals surface area contributed by atoms with Crippen LogP contribution in [0.4, 0.5) is 4.39 Å². The SMILES string of the molecule is O=C(O)C1CCC(C(=O)NC2CCSc3ccc(F)cc32)CC1. The highest BCUT2D eigenvalue weighted by atomic mass is 32.2. The van der Waals surface area contributed by atoms with Crippen molar-refractivity contribution >= 4 is 23.6 Å². The molecule has 1 aromatic carbocycles. The van der Waals surface area contributed by atoms with E-state index in [1.54, 1.807) is 17.8 Å². The maximum atomic E-state index is 13.5. The van der Waals surface area contributed by atoms with Crippen LogP contribution in [0.25, 0.3) is 0 Å². The highest BCUT2D eigenvalue weighted by molar-refractivity contribution is 7.99. The molecule has 0 radical (unpaired) electrons. The zero-order chi connectivity index (χ0) is 16.4. The van der Waals surface area contributed by atoms with E-state index in [0.29, 0.717) is 25.7 Å². The summed E-state index contributed by atoms with van der Waals surface area (Å²) in [6.07, 6.45) is 3.12. The smallest absolute Gasteiger partial charge is 0.306 e. The molecule has 124 valence electrons. The summed E-state index contributed by atoms with van der Waals surface area (Å²) in [6, 6.07) is 4.58. The molecule has 2 aliphatic rings. The van der Waals surface area contributed by atoms with Gasteiger partial charge in [0, 0.05) is 16.6 Å². The Bertz CT molecular complexity index is 614. The van der Waals surface area contributed by atoms with Crippen LogP contribution >= 0.6 is 11.8 Å². The summed E-state index contributed by atoms with van der Waals surface area (Å²) in [7, 11) is 0. The van der Waals surface area contributed by atoms with Gasteiger partial charge < -0.3 is 10.4 Å². The van der Waals surface area contributed by atoms with Gasteiger partial charge in [-0.3, -0.25) is 9.59 Å². The van der Waals surface area contributed by atoms with E-state index in [9.17, 15) is 14.0 Å². The second-order valence-corrected chi connectivity index (χ2v) is 7.40. The number of amides is 1. The number of hydrogen-bond acceptors (Lipinski definition) is 3. The summed E-state index contributed by atoms with van der Waals surface area (Å²) in [4.78, 5) is 24.5. The molecule has 4 nitrogen and oxygen atoms in total. The molecule has 6 heteroatoms. The van der Waals surface area contributed by atoms with Crippen molar-refractivity contribution in [2.45, 2.75) is 43.0 Å². The molecule has 0 aromatic heterocycles. The van der Waals surface area contributed by atoms with Gasteiger partial charge in [0.2, 0.25) is 5.91 Å². The number of carboxylic acids is 1. The van der Waals surface area contributed by atoms with Crippen LogP contribution in [-0.4, -0.2) is 22.7 Å². The van der Waals surface area contributed by atoms with Crippen LogP contribution in [0.5, 0.6) is 0 Å². The molecule has 1 amide bonds. The van der Waals surface area contributed by atoms with Crippen LogP contribution in [-0.2, 0) is 9.59 Å². The third-order valence-electron chi connectivity index (χ3n) is 4.78. The largest absolute Gasteiger partial charge is 0.481 e. The number of carboxylic acid groups (broad SMARTS) is 1. The topological polar surface area (TPSA) is 66.4 Å². The van der Waals surface area contributed by atoms with Gasteiger partial charge in [-0.05, 0) is 55.9 Å². The van der Waals surface area contributed by atoms with E-state index >= 15 is 0 Å². The molecule has 23 heavy (non-hydrogen) atoms. The minimum atomic E-state index is -0.766. The van der Waals surface area contributed by atoms with Crippen molar-refractivity contribution in [2.24, 2.45) is 11.8 Å². The molecule has 1 aliphatic carbocycles. The predicted molar refractivity (Wildman–Crippen MR) is 85.7 cm³/mol. The minimum absolute atomic E-state index is 0.0269. The van der Waals surface area contributed by atoms with E-state index in [-0.39, 0.29) is 29.6 Å². The van der Waals surface area contributed by atoms with Gasteiger partial charge in [0.25, 0.3) is 0 Å². The van der Waals surface area contributed by atoms with Crippen LogP contribution in [0.1, 0.15) is 43.7 Å². The average molecular weight is 337 g/mol. The lowest BCUT2D eigenvalue weighted by Gasteiger charge is -2.30. The number of nitrogens with one attached hydrogen (secondary N) is 1. The van der Waals surface area contributed by atoms with Gasteiger partial charge >= 0.3 is 5.97 Å². The molecular formula is C17H20FNO3S. The summed E-state index contributed by atoms with van der Waals surface area (Å²) in [5.74, 6) is -0.627. The molecule has 2 N–H and O–H groups in total. The lowest BCUT2D eigenvalue weighted by Crippen LogP contribution is -2.37. The van der Waals surface area contributed by atoms with E-state index < -0.39 is 5.97 Å². The van der Waals surface area contributed by atoms with E-state index in [4.69, 9.17) is 5.11 Å². The lowest BCUT2D eigenvalue weighted by atomic mass is 9.81. The summed E-state index contributed by atoms with van der Waals surface area (Å²) in [5.41, 5.74) is 0.855. The zero-order valence-electron chi connectivity index (χ0n) is 12.8. The molecule has 1 atom stereocenters. The zero-order valence-corrected chi connectivity index (χ0v) is 13.6. The summed E-state index contributed by atoms with van der Waals surface area (Å²) < 4.78 is 13.5. The fourth-order valence-electron chi connectivity index (χ4n) is 3.41. The third kappa shape index (κ3) is 3.68. The molecule has 3 rings (SSSR count). The second kappa shape index (κ2) is 6.91. The first kappa shape index (κ1) is 16.3. The van der Waals surface area contributed by atoms with Crippen molar-refractivity contribution in [2.75, 3.05) is 5.75 Å². The lowest BCUT2D eigenvalue weighted by molar-refractivity contribution is -0.144. The minimum Gasteiger partial charge on any atom is -0.481 e. The standard InChI is InChI=1S/C17H20FNO3S/c18-12-5-6-15-13(9-12)14(7-8-23-15)19-16(20)10-1-3-11(4-2-10)17(21)22/h5-6,9-11,14H,1-4,7-8H2,(H,19,20)(H,21,22). The summed E-state index contributed by atoms with van der Waals surface area (Å²) >= 11 is 1.68. The highest BCUT2D eigenvalue weighted by Gasteiger charge is 2.31. The molecular weight excluding hydrogens is 317 g/mol. The second-order valence-electron chi connectivity index (χ2n) is 6.27. The van der Waals surface area contributed by atoms with Crippen molar-refractivity contribution in [3.8, 4) is 0 Å². The van der Waals surface area contributed by atoms with Gasteiger partial charge in [0.15, 0.2) is 0 Å². The van der Waals surface area contributed by atoms with Gasteiger partial charge in [0.05, 0.1) is 12.0 Å². The van der Waals surface area contributed by atoms with Crippen LogP contribution in [0.3, 0.4) is 0 Å². The number of carbonyl (C=O) groups excluding carboxylic acids is 1. The normalized spacial score (nSPS) is 27.1. The maximum Gasteiger partial charge on any atom is 0.306 e. The van der Waals surface area contributed by atoms with E-state index in [0.717, 1.165) is 22.6 Å². The number of carbonyl (C=O) groups is 2. The van der Waals surface area contributed by atoms with Crippen molar-refractivity contribution < 1.29 is 19.1 Å². The first-order valence-corrected chi connectivity index (χ1v) is 8.98. The number of benzene rings is 1. The van der Waals surface area contributed by atoms with Gasteiger partial charge in [-0.1, -0.05) is 0 Å².